The molecule has 0 radical (unpaired) electrons. The number of hydrogen-bond donors (Lipinski definition) is 2. The summed E-state index contributed by atoms with van der Waals surface area (Å²) in [6, 6.07) is 5.72. The zero-order valence-corrected chi connectivity index (χ0v) is 13.3. The number of aromatic nitrogens is 2. The van der Waals surface area contributed by atoms with Crippen molar-refractivity contribution in [1.82, 2.24) is 9.78 Å². The van der Waals surface area contributed by atoms with E-state index in [0.29, 0.717) is 23.7 Å². The summed E-state index contributed by atoms with van der Waals surface area (Å²) in [7, 11) is 0. The Balaban J connectivity index is 0.00000242. The van der Waals surface area contributed by atoms with Crippen LogP contribution in [0.25, 0.3) is 5.69 Å². The van der Waals surface area contributed by atoms with Gasteiger partial charge in [0.25, 0.3) is 0 Å². The molecule has 1 heterocycles. The fourth-order valence-corrected chi connectivity index (χ4v) is 2.01. The molecular weight excluding hydrogens is 307 g/mol. The Morgan fingerprint density at radius 1 is 1.41 bits per heavy atom. The van der Waals surface area contributed by atoms with Crippen molar-refractivity contribution in [3.05, 3.63) is 42.5 Å². The Bertz CT molecular complexity index is 630. The number of nitrogens with two attached hydrogens (primary N) is 1. The molecule has 0 saturated carbocycles. The zero-order chi connectivity index (χ0) is 15.4. The first-order valence-electron chi connectivity index (χ1n) is 6.83. The van der Waals surface area contributed by atoms with Crippen molar-refractivity contribution >= 4 is 24.0 Å². The average molecular weight is 327 g/mol. The van der Waals surface area contributed by atoms with E-state index >= 15 is 0 Å². The van der Waals surface area contributed by atoms with E-state index in [1.807, 2.05) is 13.8 Å². The zero-order valence-electron chi connectivity index (χ0n) is 12.5. The number of amides is 1. The smallest absolute Gasteiger partial charge is 0.241 e. The third-order valence-corrected chi connectivity index (χ3v) is 3.01. The van der Waals surface area contributed by atoms with Gasteiger partial charge < -0.3 is 11.1 Å². The Hall–Kier alpha value is -1.92. The molecule has 120 valence electrons. The van der Waals surface area contributed by atoms with Crippen LogP contribution in [0, 0.1) is 11.7 Å². The van der Waals surface area contributed by atoms with E-state index in [2.05, 4.69) is 10.4 Å². The van der Waals surface area contributed by atoms with Gasteiger partial charge in [-0.15, -0.1) is 12.4 Å². The van der Waals surface area contributed by atoms with E-state index < -0.39 is 6.04 Å². The van der Waals surface area contributed by atoms with Gasteiger partial charge in [0.2, 0.25) is 5.91 Å². The number of nitrogens with one attached hydrogen (secondary N) is 1. The monoisotopic (exact) mass is 326 g/mol. The van der Waals surface area contributed by atoms with Crippen LogP contribution in [0.5, 0.6) is 0 Å². The number of halogens is 2. The Labute approximate surface area is 135 Å². The van der Waals surface area contributed by atoms with Crippen LogP contribution in [0.2, 0.25) is 0 Å². The van der Waals surface area contributed by atoms with E-state index in [0.717, 1.165) is 0 Å². The summed E-state index contributed by atoms with van der Waals surface area (Å²) in [5.41, 5.74) is 6.62. The number of nitrogens with zero attached hydrogens (tertiary/aromatic N) is 2. The lowest BCUT2D eigenvalue weighted by Gasteiger charge is -2.13. The summed E-state index contributed by atoms with van der Waals surface area (Å²) >= 11 is 0. The van der Waals surface area contributed by atoms with Gasteiger partial charge in [-0.25, -0.2) is 9.07 Å². The molecule has 0 aliphatic heterocycles. The second kappa shape index (κ2) is 7.91. The van der Waals surface area contributed by atoms with Crippen LogP contribution in [0.4, 0.5) is 10.1 Å². The molecule has 0 saturated heterocycles. The van der Waals surface area contributed by atoms with Gasteiger partial charge in [0, 0.05) is 0 Å². The molecule has 3 N–H and O–H groups in total. The predicted octanol–water partition coefficient (Wildman–Crippen LogP) is 2.75. The number of para-hydroxylation sites is 1. The molecule has 5 nitrogen and oxygen atoms in total. The molecule has 1 aromatic heterocycles. The van der Waals surface area contributed by atoms with Gasteiger partial charge in [0.1, 0.15) is 11.5 Å². The van der Waals surface area contributed by atoms with Crippen molar-refractivity contribution in [3.63, 3.8) is 0 Å². The van der Waals surface area contributed by atoms with E-state index in [9.17, 15) is 9.18 Å². The lowest BCUT2D eigenvalue weighted by molar-refractivity contribution is -0.117. The maximum atomic E-state index is 13.7. The molecule has 0 bridgehead atoms. The summed E-state index contributed by atoms with van der Waals surface area (Å²) in [5.74, 6) is -0.307. The molecule has 7 heteroatoms. The van der Waals surface area contributed by atoms with Gasteiger partial charge in [-0.2, -0.15) is 5.10 Å². The highest BCUT2D eigenvalue weighted by Crippen LogP contribution is 2.15. The van der Waals surface area contributed by atoms with Crippen molar-refractivity contribution in [3.8, 4) is 5.69 Å². The van der Waals surface area contributed by atoms with E-state index in [1.165, 1.54) is 16.9 Å². The van der Waals surface area contributed by atoms with Crippen molar-refractivity contribution < 1.29 is 9.18 Å². The molecule has 2 rings (SSSR count). The maximum absolute atomic E-state index is 13.7. The van der Waals surface area contributed by atoms with E-state index in [4.69, 9.17) is 5.73 Å². The first-order chi connectivity index (χ1) is 9.97. The molecule has 22 heavy (non-hydrogen) atoms. The highest BCUT2D eigenvalue weighted by Gasteiger charge is 2.16. The van der Waals surface area contributed by atoms with Gasteiger partial charge in [0.05, 0.1) is 24.1 Å². The van der Waals surface area contributed by atoms with Crippen molar-refractivity contribution in [2.45, 2.75) is 26.3 Å². The number of benzene rings is 1. The highest BCUT2D eigenvalue weighted by atomic mass is 35.5. The minimum atomic E-state index is -0.568. The van der Waals surface area contributed by atoms with Crippen LogP contribution in [0.3, 0.4) is 0 Å². The molecule has 0 spiro atoms. The summed E-state index contributed by atoms with van der Waals surface area (Å²) in [5, 5.41) is 6.73. The fourth-order valence-electron chi connectivity index (χ4n) is 2.01. The summed E-state index contributed by atoms with van der Waals surface area (Å²) in [4.78, 5) is 11.9. The minimum Gasteiger partial charge on any atom is -0.322 e. The topological polar surface area (TPSA) is 72.9 Å². The molecule has 1 atom stereocenters. The Morgan fingerprint density at radius 2 is 2.09 bits per heavy atom. The van der Waals surface area contributed by atoms with E-state index in [-0.39, 0.29) is 24.1 Å². The largest absolute Gasteiger partial charge is 0.322 e. The molecule has 0 fully saturated rings. The van der Waals surface area contributed by atoms with E-state index in [1.54, 1.807) is 24.4 Å². The molecule has 2 aromatic rings. The van der Waals surface area contributed by atoms with Gasteiger partial charge in [-0.3, -0.25) is 4.79 Å². The van der Waals surface area contributed by atoms with Crippen LogP contribution < -0.4 is 11.1 Å². The third-order valence-electron chi connectivity index (χ3n) is 3.01. The average Bonchev–Trinajstić information content (AvgIpc) is 2.86. The number of hydrogen-bond acceptors (Lipinski definition) is 3. The molecule has 0 aliphatic rings. The first-order valence-corrected chi connectivity index (χ1v) is 6.83. The quantitative estimate of drug-likeness (QED) is 0.887. The van der Waals surface area contributed by atoms with Crippen molar-refractivity contribution in [2.75, 3.05) is 5.32 Å². The van der Waals surface area contributed by atoms with Crippen LogP contribution in [-0.4, -0.2) is 21.7 Å². The third kappa shape index (κ3) is 4.54. The van der Waals surface area contributed by atoms with Gasteiger partial charge in [0.15, 0.2) is 0 Å². The molecular formula is C15H20ClFN4O. The lowest BCUT2D eigenvalue weighted by Crippen LogP contribution is -2.36. The second-order valence-corrected chi connectivity index (χ2v) is 5.35. The van der Waals surface area contributed by atoms with Crippen LogP contribution in [0.15, 0.2) is 36.7 Å². The predicted molar refractivity (Wildman–Crippen MR) is 86.8 cm³/mol. The standard InChI is InChI=1S/C15H19FN4O.ClH/c1-10(2)7-13(17)15(21)19-11-8-18-20(9-11)14-6-4-3-5-12(14)16;/h3-6,8-10,13H,7,17H2,1-2H3,(H,19,21);1H/t13-;/m0./s1. The number of carbonyl (C=O) groups excluding carboxylic acids is 1. The van der Waals surface area contributed by atoms with Crippen molar-refractivity contribution in [1.29, 1.82) is 0 Å². The number of carbonyl (C=O) groups is 1. The summed E-state index contributed by atoms with van der Waals surface area (Å²) < 4.78 is 15.0. The SMILES string of the molecule is CC(C)C[C@H](N)C(=O)Nc1cnn(-c2ccccc2F)c1.Cl. The van der Waals surface area contributed by atoms with Gasteiger partial charge in [-0.05, 0) is 24.5 Å². The fraction of sp³-hybridized carbons (Fsp3) is 0.333. The Morgan fingerprint density at radius 3 is 2.73 bits per heavy atom. The first kappa shape index (κ1) is 18.1. The van der Waals surface area contributed by atoms with Crippen molar-refractivity contribution in [2.24, 2.45) is 11.7 Å². The number of anilines is 1. The molecule has 0 aliphatic carbocycles. The molecule has 0 unspecified atom stereocenters. The lowest BCUT2D eigenvalue weighted by atomic mass is 10.0. The maximum Gasteiger partial charge on any atom is 0.241 e. The highest BCUT2D eigenvalue weighted by molar-refractivity contribution is 5.94. The van der Waals surface area contributed by atoms with Crippen LogP contribution in [0.1, 0.15) is 20.3 Å². The number of rotatable bonds is 5. The van der Waals surface area contributed by atoms with Gasteiger partial charge >= 0.3 is 0 Å². The Kier molecular flexibility index (Phi) is 6.52. The van der Waals surface area contributed by atoms with Crippen LogP contribution >= 0.6 is 12.4 Å². The summed E-state index contributed by atoms with van der Waals surface area (Å²) in [6.07, 6.45) is 3.62. The minimum absolute atomic E-state index is 0. The second-order valence-electron chi connectivity index (χ2n) is 5.35. The van der Waals surface area contributed by atoms with Crippen LogP contribution in [-0.2, 0) is 4.79 Å². The normalized spacial score (nSPS) is 11.9. The van der Waals surface area contributed by atoms with Gasteiger partial charge in [-0.1, -0.05) is 26.0 Å². The molecule has 1 aromatic carbocycles. The molecule has 1 amide bonds. The summed E-state index contributed by atoms with van der Waals surface area (Å²) in [6.45, 7) is 4.01.